The van der Waals surface area contributed by atoms with Gasteiger partial charge in [-0.25, -0.2) is 4.79 Å². The molecule has 1 aromatic heterocycles. The molecule has 3 aromatic rings. The summed E-state index contributed by atoms with van der Waals surface area (Å²) in [6.07, 6.45) is 1.77. The number of fused-ring (bicyclic) bond motifs is 1. The van der Waals surface area contributed by atoms with Gasteiger partial charge in [0.05, 0.1) is 19.4 Å². The van der Waals surface area contributed by atoms with Gasteiger partial charge in [-0.3, -0.25) is 4.79 Å². The van der Waals surface area contributed by atoms with Gasteiger partial charge in [0.15, 0.2) is 17.2 Å². The largest absolute Gasteiger partial charge is 0.497 e. The minimum Gasteiger partial charge on any atom is -0.497 e. The van der Waals surface area contributed by atoms with Crippen molar-refractivity contribution in [1.82, 2.24) is 4.57 Å². The van der Waals surface area contributed by atoms with Gasteiger partial charge in [0.1, 0.15) is 5.75 Å². The molecule has 0 saturated heterocycles. The fraction of sp³-hybridized carbons (Fsp3) is 0.217. The smallest absolute Gasteiger partial charge is 0.357 e. The molecule has 0 atom stereocenters. The first-order valence-corrected chi connectivity index (χ1v) is 9.73. The van der Waals surface area contributed by atoms with E-state index in [9.17, 15) is 9.59 Å². The van der Waals surface area contributed by atoms with Crippen LogP contribution in [0.3, 0.4) is 0 Å². The first-order chi connectivity index (χ1) is 15.0. The lowest BCUT2D eigenvalue weighted by Gasteiger charge is -2.11. The Kier molecular flexibility index (Phi) is 5.53. The fourth-order valence-corrected chi connectivity index (χ4v) is 3.41. The van der Waals surface area contributed by atoms with Gasteiger partial charge >= 0.3 is 5.97 Å². The zero-order valence-electron chi connectivity index (χ0n) is 17.4. The molecule has 0 unspecified atom stereocenters. The molecule has 4 rings (SSSR count). The molecule has 31 heavy (non-hydrogen) atoms. The van der Waals surface area contributed by atoms with E-state index in [4.69, 9.17) is 18.9 Å². The van der Waals surface area contributed by atoms with Crippen molar-refractivity contribution in [2.45, 2.75) is 6.92 Å². The normalized spacial score (nSPS) is 11.8. The molecule has 0 spiro atoms. The summed E-state index contributed by atoms with van der Waals surface area (Å²) < 4.78 is 22.9. The number of hydrogen-bond acceptors (Lipinski definition) is 6. The van der Waals surface area contributed by atoms with Gasteiger partial charge in [0, 0.05) is 24.4 Å². The highest BCUT2D eigenvalue weighted by Crippen LogP contribution is 2.40. The Morgan fingerprint density at radius 3 is 2.55 bits per heavy atom. The topological polar surface area (TPSA) is 88.0 Å². The van der Waals surface area contributed by atoms with Crippen molar-refractivity contribution >= 4 is 17.6 Å². The number of nitrogens with one attached hydrogen (secondary N) is 1. The zero-order chi connectivity index (χ0) is 22.0. The predicted molar refractivity (Wildman–Crippen MR) is 114 cm³/mol. The summed E-state index contributed by atoms with van der Waals surface area (Å²) in [7, 11) is 3.29. The van der Waals surface area contributed by atoms with Crippen molar-refractivity contribution in [2.24, 2.45) is 7.05 Å². The van der Waals surface area contributed by atoms with Crippen LogP contribution < -0.4 is 19.5 Å². The average Bonchev–Trinajstić information content (AvgIpc) is 3.37. The Morgan fingerprint density at radius 2 is 1.84 bits per heavy atom. The molecule has 0 fully saturated rings. The summed E-state index contributed by atoms with van der Waals surface area (Å²) in [6, 6.07) is 12.2. The lowest BCUT2D eigenvalue weighted by Crippen LogP contribution is -2.17. The molecule has 160 valence electrons. The lowest BCUT2D eigenvalue weighted by molar-refractivity contribution is 0.0516. The van der Waals surface area contributed by atoms with Crippen LogP contribution in [0.2, 0.25) is 0 Å². The van der Waals surface area contributed by atoms with Crippen molar-refractivity contribution in [3.05, 3.63) is 59.9 Å². The van der Waals surface area contributed by atoms with E-state index < -0.39 is 5.97 Å². The van der Waals surface area contributed by atoms with Gasteiger partial charge in [0.2, 0.25) is 6.79 Å². The number of methoxy groups -OCH3 is 1. The maximum absolute atomic E-state index is 13.0. The summed E-state index contributed by atoms with van der Waals surface area (Å²) in [5, 5.41) is 2.89. The highest BCUT2D eigenvalue weighted by Gasteiger charge is 2.25. The van der Waals surface area contributed by atoms with Crippen LogP contribution in [0, 0.1) is 0 Å². The summed E-state index contributed by atoms with van der Waals surface area (Å²) in [4.78, 5) is 25.6. The number of nitrogens with zero attached hydrogens (tertiary/aromatic N) is 1. The number of carbonyl (C=O) groups excluding carboxylic acids is 2. The van der Waals surface area contributed by atoms with Gasteiger partial charge in [-0.15, -0.1) is 0 Å². The number of aromatic nitrogens is 1. The Morgan fingerprint density at radius 1 is 1.10 bits per heavy atom. The van der Waals surface area contributed by atoms with E-state index in [-0.39, 0.29) is 25.0 Å². The zero-order valence-corrected chi connectivity index (χ0v) is 17.4. The van der Waals surface area contributed by atoms with Crippen molar-refractivity contribution < 1.29 is 28.5 Å². The van der Waals surface area contributed by atoms with E-state index in [1.54, 1.807) is 62.2 Å². The van der Waals surface area contributed by atoms with Crippen molar-refractivity contribution in [2.75, 3.05) is 25.8 Å². The number of hydrogen-bond donors (Lipinski definition) is 1. The molecule has 1 N–H and O–H groups in total. The number of aryl methyl sites for hydroxylation is 1. The molecule has 0 radical (unpaired) electrons. The molecule has 1 aliphatic rings. The van der Waals surface area contributed by atoms with Crippen LogP contribution in [0.15, 0.2) is 48.7 Å². The summed E-state index contributed by atoms with van der Waals surface area (Å²) in [5.74, 6) is 1.01. The quantitative estimate of drug-likeness (QED) is 0.607. The Balaban J connectivity index is 1.76. The van der Waals surface area contributed by atoms with Gasteiger partial charge < -0.3 is 28.8 Å². The molecule has 0 bridgehead atoms. The second kappa shape index (κ2) is 8.43. The number of ether oxygens (including phenoxy) is 4. The van der Waals surface area contributed by atoms with Crippen molar-refractivity contribution in [3.8, 4) is 28.4 Å². The van der Waals surface area contributed by atoms with Crippen LogP contribution >= 0.6 is 0 Å². The van der Waals surface area contributed by atoms with Crippen LogP contribution in [-0.4, -0.2) is 37.0 Å². The van der Waals surface area contributed by atoms with E-state index in [0.29, 0.717) is 34.1 Å². The van der Waals surface area contributed by atoms with E-state index in [1.165, 1.54) is 0 Å². The third kappa shape index (κ3) is 3.92. The number of rotatable bonds is 6. The Labute approximate surface area is 179 Å². The van der Waals surface area contributed by atoms with Crippen LogP contribution in [0.25, 0.3) is 11.1 Å². The number of benzene rings is 2. The minimum absolute atomic E-state index is 0.155. The summed E-state index contributed by atoms with van der Waals surface area (Å²) >= 11 is 0. The molecule has 2 heterocycles. The number of amides is 1. The van der Waals surface area contributed by atoms with Crippen LogP contribution in [0.4, 0.5) is 5.69 Å². The maximum atomic E-state index is 13.0. The van der Waals surface area contributed by atoms with Crippen LogP contribution in [0.1, 0.15) is 27.8 Å². The van der Waals surface area contributed by atoms with Crippen molar-refractivity contribution in [1.29, 1.82) is 0 Å². The number of esters is 1. The maximum Gasteiger partial charge on any atom is 0.357 e. The minimum atomic E-state index is -0.526. The number of carbonyl (C=O) groups is 2. The van der Waals surface area contributed by atoms with Crippen LogP contribution in [0.5, 0.6) is 17.2 Å². The number of anilines is 1. The first kappa shape index (κ1) is 20.3. The van der Waals surface area contributed by atoms with E-state index in [2.05, 4.69) is 5.32 Å². The van der Waals surface area contributed by atoms with Gasteiger partial charge in [0.25, 0.3) is 5.91 Å². The highest BCUT2D eigenvalue weighted by molar-refractivity contribution is 6.10. The molecular weight excluding hydrogens is 400 g/mol. The van der Waals surface area contributed by atoms with Crippen LogP contribution in [-0.2, 0) is 11.8 Å². The molecule has 8 nitrogen and oxygen atoms in total. The van der Waals surface area contributed by atoms with Crippen molar-refractivity contribution in [3.63, 3.8) is 0 Å². The lowest BCUT2D eigenvalue weighted by atomic mass is 10.1. The molecule has 1 amide bonds. The summed E-state index contributed by atoms with van der Waals surface area (Å²) in [5.41, 5.74) is 2.46. The van der Waals surface area contributed by atoms with E-state index in [1.807, 2.05) is 12.1 Å². The SMILES string of the molecule is CCOC(=O)c1c(NC(=O)c2ccc(OC)cc2)c(-c2ccc3c(c2)OCO3)cn1C. The molecule has 0 aliphatic carbocycles. The van der Waals surface area contributed by atoms with Gasteiger partial charge in [-0.2, -0.15) is 0 Å². The van der Waals surface area contributed by atoms with Gasteiger partial charge in [-0.05, 0) is 48.9 Å². The molecule has 1 aliphatic heterocycles. The van der Waals surface area contributed by atoms with E-state index in [0.717, 1.165) is 5.56 Å². The molecule has 0 saturated carbocycles. The molecular formula is C23H22N2O6. The fourth-order valence-electron chi connectivity index (χ4n) is 3.41. The Bertz CT molecular complexity index is 1130. The predicted octanol–water partition coefficient (Wildman–Crippen LogP) is 3.86. The molecule has 8 heteroatoms. The first-order valence-electron chi connectivity index (χ1n) is 9.73. The monoisotopic (exact) mass is 422 g/mol. The highest BCUT2D eigenvalue weighted by atomic mass is 16.7. The second-order valence-electron chi connectivity index (χ2n) is 6.85. The average molecular weight is 422 g/mol. The second-order valence-corrected chi connectivity index (χ2v) is 6.85. The molecule has 2 aromatic carbocycles. The van der Waals surface area contributed by atoms with E-state index >= 15 is 0 Å². The third-order valence-electron chi connectivity index (χ3n) is 4.92. The summed E-state index contributed by atoms with van der Waals surface area (Å²) in [6.45, 7) is 2.10. The van der Waals surface area contributed by atoms with Gasteiger partial charge in [-0.1, -0.05) is 6.07 Å². The Hall–Kier alpha value is -3.94. The standard InChI is InChI=1S/C23H22N2O6/c1-4-29-23(27)21-20(24-22(26)14-5-8-16(28-3)9-6-14)17(12-25(21)2)15-7-10-18-19(11-15)31-13-30-18/h5-12H,4,13H2,1-3H3,(H,24,26). The third-order valence-corrected chi connectivity index (χ3v) is 4.92.